The minimum atomic E-state index is -3.79. The van der Waals surface area contributed by atoms with Gasteiger partial charge < -0.3 is 5.73 Å². The number of hydrogen-bond acceptors (Lipinski definition) is 3. The second-order valence-corrected chi connectivity index (χ2v) is 6.86. The first-order valence-corrected chi connectivity index (χ1v) is 8.16. The maximum atomic E-state index is 13.3. The Kier molecular flexibility index (Phi) is 5.61. The largest absolute Gasteiger partial charge is 0.392 e. The lowest BCUT2D eigenvalue weighted by Crippen LogP contribution is -2.43. The van der Waals surface area contributed by atoms with E-state index < -0.39 is 21.9 Å². The Bertz CT molecular complexity index is 592. The van der Waals surface area contributed by atoms with E-state index in [0.717, 1.165) is 6.42 Å². The standard InChI is InChI=1S/C13H19FN2O2S2/c1-4-5-11(13(15)19)16-20(17,18)12-8(2)6-10(14)7-9(12)3/h6-7,11,16H,4-5H2,1-3H3,(H2,15,19). The van der Waals surface area contributed by atoms with Gasteiger partial charge in [0, 0.05) is 0 Å². The summed E-state index contributed by atoms with van der Waals surface area (Å²) in [5, 5.41) is 0. The highest BCUT2D eigenvalue weighted by atomic mass is 32.2. The number of nitrogens with two attached hydrogens (primary N) is 1. The van der Waals surface area contributed by atoms with E-state index in [2.05, 4.69) is 4.72 Å². The zero-order chi connectivity index (χ0) is 15.5. The lowest BCUT2D eigenvalue weighted by molar-refractivity contribution is 0.565. The molecule has 0 fully saturated rings. The molecule has 3 N–H and O–H groups in total. The molecular formula is C13H19FN2O2S2. The molecule has 112 valence electrons. The first kappa shape index (κ1) is 17.0. The molecule has 1 unspecified atom stereocenters. The molecule has 1 atom stereocenters. The molecule has 0 aliphatic heterocycles. The van der Waals surface area contributed by atoms with Gasteiger partial charge in [-0.3, -0.25) is 0 Å². The fraction of sp³-hybridized carbons (Fsp3) is 0.462. The SMILES string of the molecule is CCCC(NS(=O)(=O)c1c(C)cc(F)cc1C)C(N)=S. The van der Waals surface area contributed by atoms with Gasteiger partial charge in [-0.15, -0.1) is 0 Å². The Hall–Kier alpha value is -1.05. The minimum Gasteiger partial charge on any atom is -0.392 e. The third-order valence-corrected chi connectivity index (χ3v) is 4.97. The van der Waals surface area contributed by atoms with E-state index in [9.17, 15) is 12.8 Å². The van der Waals surface area contributed by atoms with Crippen molar-refractivity contribution in [3.05, 3.63) is 29.1 Å². The number of nitrogens with one attached hydrogen (secondary N) is 1. The van der Waals surface area contributed by atoms with Gasteiger partial charge in [-0.2, -0.15) is 0 Å². The van der Waals surface area contributed by atoms with E-state index in [1.54, 1.807) is 13.8 Å². The second kappa shape index (κ2) is 6.60. The third kappa shape index (κ3) is 3.97. The Morgan fingerprint density at radius 1 is 1.40 bits per heavy atom. The minimum absolute atomic E-state index is 0.0799. The second-order valence-electron chi connectivity index (χ2n) is 4.73. The van der Waals surface area contributed by atoms with Gasteiger partial charge in [-0.05, 0) is 43.5 Å². The molecule has 1 rings (SSSR count). The van der Waals surface area contributed by atoms with Crippen LogP contribution in [0.15, 0.2) is 17.0 Å². The molecule has 1 aromatic carbocycles. The smallest absolute Gasteiger partial charge is 0.241 e. The summed E-state index contributed by atoms with van der Waals surface area (Å²) >= 11 is 4.88. The number of thiocarbonyl (C=S) groups is 1. The number of hydrogen-bond donors (Lipinski definition) is 2. The Morgan fingerprint density at radius 2 is 1.90 bits per heavy atom. The van der Waals surface area contributed by atoms with Crippen molar-refractivity contribution >= 4 is 27.2 Å². The first-order chi connectivity index (χ1) is 9.19. The van der Waals surface area contributed by atoms with E-state index in [1.165, 1.54) is 12.1 Å². The molecule has 0 aromatic heterocycles. The van der Waals surface area contributed by atoms with Crippen LogP contribution >= 0.6 is 12.2 Å². The molecule has 0 amide bonds. The topological polar surface area (TPSA) is 72.2 Å². The van der Waals surface area contributed by atoms with E-state index in [-0.39, 0.29) is 9.88 Å². The fourth-order valence-electron chi connectivity index (χ4n) is 2.12. The molecule has 0 bridgehead atoms. The van der Waals surface area contributed by atoms with Gasteiger partial charge >= 0.3 is 0 Å². The van der Waals surface area contributed by atoms with Gasteiger partial charge in [-0.25, -0.2) is 17.5 Å². The molecular weight excluding hydrogens is 299 g/mol. The summed E-state index contributed by atoms with van der Waals surface area (Å²) in [4.78, 5) is 0.184. The summed E-state index contributed by atoms with van der Waals surface area (Å²) in [6.07, 6.45) is 1.26. The zero-order valence-electron chi connectivity index (χ0n) is 11.7. The predicted octanol–water partition coefficient (Wildman–Crippen LogP) is 2.18. The van der Waals surface area contributed by atoms with E-state index >= 15 is 0 Å². The summed E-state index contributed by atoms with van der Waals surface area (Å²) in [5.41, 5.74) is 6.26. The van der Waals surface area contributed by atoms with Gasteiger partial charge in [0.1, 0.15) is 5.82 Å². The molecule has 1 aromatic rings. The Morgan fingerprint density at radius 3 is 2.30 bits per heavy atom. The van der Waals surface area contributed by atoms with Crippen LogP contribution in [0.3, 0.4) is 0 Å². The van der Waals surface area contributed by atoms with Crippen molar-refractivity contribution in [2.24, 2.45) is 5.73 Å². The highest BCUT2D eigenvalue weighted by Gasteiger charge is 2.25. The first-order valence-electron chi connectivity index (χ1n) is 6.27. The predicted molar refractivity (Wildman–Crippen MR) is 81.7 cm³/mol. The van der Waals surface area contributed by atoms with Crippen molar-refractivity contribution in [1.29, 1.82) is 0 Å². The quantitative estimate of drug-likeness (QED) is 0.789. The molecule has 4 nitrogen and oxygen atoms in total. The van der Waals surface area contributed by atoms with Gasteiger partial charge in [0.25, 0.3) is 0 Å². The van der Waals surface area contributed by atoms with Crippen molar-refractivity contribution in [3.8, 4) is 0 Å². The van der Waals surface area contributed by atoms with Crippen molar-refractivity contribution in [1.82, 2.24) is 4.72 Å². The Labute approximate surface area is 124 Å². The van der Waals surface area contributed by atoms with E-state index in [1.807, 2.05) is 6.92 Å². The van der Waals surface area contributed by atoms with Crippen molar-refractivity contribution in [2.75, 3.05) is 0 Å². The van der Waals surface area contributed by atoms with Crippen LogP contribution in [0.2, 0.25) is 0 Å². The van der Waals surface area contributed by atoms with Gasteiger partial charge in [0.2, 0.25) is 10.0 Å². The fourth-order valence-corrected chi connectivity index (χ4v) is 4.07. The third-order valence-electron chi connectivity index (χ3n) is 2.91. The Balaban J connectivity index is 3.20. The van der Waals surface area contributed by atoms with Gasteiger partial charge in [-0.1, -0.05) is 25.6 Å². The maximum Gasteiger partial charge on any atom is 0.241 e. The summed E-state index contributed by atoms with van der Waals surface area (Å²) in [6, 6.07) is 1.79. The summed E-state index contributed by atoms with van der Waals surface area (Å²) in [5.74, 6) is -0.460. The van der Waals surface area contributed by atoms with Crippen LogP contribution in [0, 0.1) is 19.7 Å². The lowest BCUT2D eigenvalue weighted by Gasteiger charge is -2.19. The van der Waals surface area contributed by atoms with Crippen molar-refractivity contribution in [2.45, 2.75) is 44.6 Å². The van der Waals surface area contributed by atoms with Gasteiger partial charge in [0.15, 0.2) is 0 Å². The maximum absolute atomic E-state index is 13.3. The van der Waals surface area contributed by atoms with Crippen LogP contribution in [0.5, 0.6) is 0 Å². The molecule has 7 heteroatoms. The van der Waals surface area contributed by atoms with Crippen LogP contribution in [0.4, 0.5) is 4.39 Å². The summed E-state index contributed by atoms with van der Waals surface area (Å²) < 4.78 is 40.6. The molecule has 0 saturated carbocycles. The molecule has 0 radical (unpaired) electrons. The highest BCUT2D eigenvalue weighted by molar-refractivity contribution is 7.89. The number of rotatable bonds is 6. The highest BCUT2D eigenvalue weighted by Crippen LogP contribution is 2.21. The summed E-state index contributed by atoms with van der Waals surface area (Å²) in [6.45, 7) is 5.02. The number of halogens is 1. The molecule has 0 spiro atoms. The normalized spacial score (nSPS) is 13.2. The molecule has 0 saturated heterocycles. The average Bonchev–Trinajstić information content (AvgIpc) is 2.25. The molecule has 0 aliphatic rings. The number of sulfonamides is 1. The lowest BCUT2D eigenvalue weighted by atomic mass is 10.1. The number of aryl methyl sites for hydroxylation is 2. The van der Waals surface area contributed by atoms with Crippen molar-refractivity contribution in [3.63, 3.8) is 0 Å². The van der Waals surface area contributed by atoms with Crippen LogP contribution in [0.25, 0.3) is 0 Å². The summed E-state index contributed by atoms with van der Waals surface area (Å²) in [7, 11) is -3.79. The van der Waals surface area contributed by atoms with Crippen LogP contribution < -0.4 is 10.5 Å². The molecule has 20 heavy (non-hydrogen) atoms. The average molecular weight is 318 g/mol. The van der Waals surface area contributed by atoms with Crippen LogP contribution in [-0.4, -0.2) is 19.4 Å². The van der Waals surface area contributed by atoms with Crippen LogP contribution in [-0.2, 0) is 10.0 Å². The zero-order valence-corrected chi connectivity index (χ0v) is 13.4. The monoisotopic (exact) mass is 318 g/mol. The van der Waals surface area contributed by atoms with Crippen molar-refractivity contribution < 1.29 is 12.8 Å². The van der Waals surface area contributed by atoms with E-state index in [0.29, 0.717) is 17.5 Å². The number of benzene rings is 1. The van der Waals surface area contributed by atoms with Gasteiger partial charge in [0.05, 0.1) is 15.9 Å². The van der Waals surface area contributed by atoms with Crippen LogP contribution in [0.1, 0.15) is 30.9 Å². The molecule has 0 aliphatic carbocycles. The molecule has 0 heterocycles. The van der Waals surface area contributed by atoms with E-state index in [4.69, 9.17) is 18.0 Å².